The van der Waals surface area contributed by atoms with Crippen LogP contribution in [0.25, 0.3) is 0 Å². The summed E-state index contributed by atoms with van der Waals surface area (Å²) in [5.41, 5.74) is 0. The van der Waals surface area contributed by atoms with E-state index in [-0.39, 0.29) is 0 Å². The van der Waals surface area contributed by atoms with Crippen molar-refractivity contribution in [3.05, 3.63) is 28.7 Å². The number of unbranched alkanes of at least 4 members (excludes halogenated alkanes) is 5. The molecule has 0 N–H and O–H groups in total. The Morgan fingerprint density at radius 1 is 0.950 bits per heavy atom. The molecule has 0 amide bonds. The Bertz CT molecular complexity index is 351. The van der Waals surface area contributed by atoms with Crippen LogP contribution in [0.3, 0.4) is 0 Å². The molecule has 1 unspecified atom stereocenters. The normalized spacial score (nSPS) is 12.3. The average molecular weight is 341 g/mol. The highest BCUT2D eigenvalue weighted by Crippen LogP contribution is 2.22. The van der Waals surface area contributed by atoms with E-state index in [1.54, 1.807) is 0 Å². The third kappa shape index (κ3) is 7.94. The summed E-state index contributed by atoms with van der Waals surface area (Å²) in [6, 6.07) is 8.18. The molecule has 0 spiro atoms. The summed E-state index contributed by atoms with van der Waals surface area (Å²) < 4.78 is 7.22. The first-order valence-corrected chi connectivity index (χ1v) is 8.97. The molecule has 0 aromatic heterocycles. The molecule has 0 saturated heterocycles. The van der Waals surface area contributed by atoms with Gasteiger partial charge in [-0.2, -0.15) is 0 Å². The van der Waals surface area contributed by atoms with E-state index >= 15 is 0 Å². The van der Waals surface area contributed by atoms with Gasteiger partial charge in [0.15, 0.2) is 0 Å². The van der Waals surface area contributed by atoms with Crippen LogP contribution in [0.4, 0.5) is 0 Å². The van der Waals surface area contributed by atoms with Crippen LogP contribution in [0.2, 0.25) is 0 Å². The van der Waals surface area contributed by atoms with Gasteiger partial charge in [0.25, 0.3) is 0 Å². The summed E-state index contributed by atoms with van der Waals surface area (Å²) >= 11 is 3.50. The van der Waals surface area contributed by atoms with E-state index < -0.39 is 0 Å². The van der Waals surface area contributed by atoms with E-state index in [0.29, 0.717) is 6.10 Å². The maximum absolute atomic E-state index is 6.13. The molecule has 20 heavy (non-hydrogen) atoms. The maximum Gasteiger partial charge on any atom is 0.120 e. The number of hydrogen-bond acceptors (Lipinski definition) is 1. The van der Waals surface area contributed by atoms with E-state index in [1.807, 2.05) is 12.1 Å². The molecule has 0 saturated carbocycles. The molecule has 0 fully saturated rings. The molecule has 1 aromatic rings. The number of halogens is 1. The van der Waals surface area contributed by atoms with Crippen LogP contribution in [-0.2, 0) is 0 Å². The Labute approximate surface area is 133 Å². The van der Waals surface area contributed by atoms with Gasteiger partial charge in [0.05, 0.1) is 6.10 Å². The van der Waals surface area contributed by atoms with Crippen LogP contribution in [0.5, 0.6) is 5.75 Å². The lowest BCUT2D eigenvalue weighted by atomic mass is 10.0. The number of ether oxygens (including phenoxy) is 1. The first kappa shape index (κ1) is 17.6. The van der Waals surface area contributed by atoms with Crippen LogP contribution in [0, 0.1) is 0 Å². The van der Waals surface area contributed by atoms with E-state index in [4.69, 9.17) is 4.74 Å². The predicted octanol–water partition coefficient (Wildman–Crippen LogP) is 6.75. The standard InChI is InChI=1S/C18H29BrO/c1-3-5-6-7-8-9-13-17(11-4-2)20-18-14-10-12-16(19)15-18/h10,12,14-15,17H,3-9,11,13H2,1-2H3. The molecule has 2 heteroatoms. The summed E-state index contributed by atoms with van der Waals surface area (Å²) in [6.07, 6.45) is 12.0. The summed E-state index contributed by atoms with van der Waals surface area (Å²) in [5, 5.41) is 0. The number of benzene rings is 1. The average Bonchev–Trinajstić information content (AvgIpc) is 2.43. The van der Waals surface area contributed by atoms with Crippen molar-refractivity contribution >= 4 is 15.9 Å². The van der Waals surface area contributed by atoms with Crippen LogP contribution >= 0.6 is 15.9 Å². The fourth-order valence-corrected chi connectivity index (χ4v) is 2.85. The minimum Gasteiger partial charge on any atom is -0.490 e. The summed E-state index contributed by atoms with van der Waals surface area (Å²) in [7, 11) is 0. The van der Waals surface area contributed by atoms with Crippen molar-refractivity contribution in [2.45, 2.75) is 77.7 Å². The van der Waals surface area contributed by atoms with Gasteiger partial charge in [-0.15, -0.1) is 0 Å². The lowest BCUT2D eigenvalue weighted by Gasteiger charge is -2.19. The summed E-state index contributed by atoms with van der Waals surface area (Å²) in [6.45, 7) is 4.50. The minimum absolute atomic E-state index is 0.375. The molecule has 0 aliphatic heterocycles. The molecule has 0 bridgehead atoms. The molecular formula is C18H29BrO. The quantitative estimate of drug-likeness (QED) is 0.405. The molecule has 114 valence electrons. The molecule has 0 radical (unpaired) electrons. The molecule has 0 aliphatic rings. The molecule has 1 rings (SSSR count). The monoisotopic (exact) mass is 340 g/mol. The lowest BCUT2D eigenvalue weighted by molar-refractivity contribution is 0.175. The first-order valence-electron chi connectivity index (χ1n) is 8.18. The van der Waals surface area contributed by atoms with Crippen molar-refractivity contribution in [3.63, 3.8) is 0 Å². The van der Waals surface area contributed by atoms with Gasteiger partial charge in [-0.05, 0) is 37.5 Å². The third-order valence-electron chi connectivity index (χ3n) is 3.59. The predicted molar refractivity (Wildman–Crippen MR) is 91.5 cm³/mol. The molecule has 1 atom stereocenters. The second kappa shape index (κ2) is 11.2. The fraction of sp³-hybridized carbons (Fsp3) is 0.667. The van der Waals surface area contributed by atoms with Crippen molar-refractivity contribution in [3.8, 4) is 5.75 Å². The molecular weight excluding hydrogens is 312 g/mol. The van der Waals surface area contributed by atoms with Crippen LogP contribution in [-0.4, -0.2) is 6.10 Å². The van der Waals surface area contributed by atoms with Crippen molar-refractivity contribution in [1.82, 2.24) is 0 Å². The Hall–Kier alpha value is -0.500. The second-order valence-corrected chi connectivity index (χ2v) is 6.46. The smallest absolute Gasteiger partial charge is 0.120 e. The van der Waals surface area contributed by atoms with E-state index in [2.05, 4.69) is 41.9 Å². The molecule has 1 nitrogen and oxygen atoms in total. The number of hydrogen-bond donors (Lipinski definition) is 0. The Kier molecular flexibility index (Phi) is 9.82. The lowest BCUT2D eigenvalue weighted by Crippen LogP contribution is -2.16. The molecule has 0 aliphatic carbocycles. The molecule has 1 aromatic carbocycles. The van der Waals surface area contributed by atoms with E-state index in [1.165, 1.54) is 51.4 Å². The van der Waals surface area contributed by atoms with Gasteiger partial charge < -0.3 is 4.74 Å². The van der Waals surface area contributed by atoms with E-state index in [9.17, 15) is 0 Å². The van der Waals surface area contributed by atoms with Crippen LogP contribution in [0.15, 0.2) is 28.7 Å². The van der Waals surface area contributed by atoms with Crippen LogP contribution in [0.1, 0.15) is 71.6 Å². The van der Waals surface area contributed by atoms with Crippen molar-refractivity contribution in [1.29, 1.82) is 0 Å². The zero-order chi connectivity index (χ0) is 14.6. The maximum atomic E-state index is 6.13. The molecule has 0 heterocycles. The zero-order valence-corrected chi connectivity index (χ0v) is 14.6. The topological polar surface area (TPSA) is 9.23 Å². The summed E-state index contributed by atoms with van der Waals surface area (Å²) in [4.78, 5) is 0. The van der Waals surface area contributed by atoms with Crippen molar-refractivity contribution in [2.75, 3.05) is 0 Å². The Morgan fingerprint density at radius 3 is 2.40 bits per heavy atom. The SMILES string of the molecule is CCCCCCCCC(CCC)Oc1cccc(Br)c1. The second-order valence-electron chi connectivity index (χ2n) is 5.54. The minimum atomic E-state index is 0.375. The summed E-state index contributed by atoms with van der Waals surface area (Å²) in [5.74, 6) is 0.990. The largest absolute Gasteiger partial charge is 0.490 e. The van der Waals surface area contributed by atoms with Gasteiger partial charge in [-0.3, -0.25) is 0 Å². The van der Waals surface area contributed by atoms with Gasteiger partial charge in [0.2, 0.25) is 0 Å². The van der Waals surface area contributed by atoms with Crippen LogP contribution < -0.4 is 4.74 Å². The zero-order valence-electron chi connectivity index (χ0n) is 13.0. The van der Waals surface area contributed by atoms with Gasteiger partial charge >= 0.3 is 0 Å². The highest BCUT2D eigenvalue weighted by Gasteiger charge is 2.09. The van der Waals surface area contributed by atoms with Gasteiger partial charge in [0, 0.05) is 4.47 Å². The Morgan fingerprint density at radius 2 is 1.70 bits per heavy atom. The Balaban J connectivity index is 2.29. The third-order valence-corrected chi connectivity index (χ3v) is 4.08. The van der Waals surface area contributed by atoms with Gasteiger partial charge in [-0.25, -0.2) is 0 Å². The first-order chi connectivity index (χ1) is 9.76. The van der Waals surface area contributed by atoms with Gasteiger partial charge in [0.1, 0.15) is 5.75 Å². The van der Waals surface area contributed by atoms with Crippen molar-refractivity contribution < 1.29 is 4.74 Å². The fourth-order valence-electron chi connectivity index (χ4n) is 2.47. The van der Waals surface area contributed by atoms with Gasteiger partial charge in [-0.1, -0.05) is 74.4 Å². The highest BCUT2D eigenvalue weighted by molar-refractivity contribution is 9.10. The van der Waals surface area contributed by atoms with Crippen molar-refractivity contribution in [2.24, 2.45) is 0 Å². The number of rotatable bonds is 11. The highest BCUT2D eigenvalue weighted by atomic mass is 79.9. The van der Waals surface area contributed by atoms with E-state index in [0.717, 1.165) is 16.6 Å².